The molecule has 1 heterocycles. The van der Waals surface area contributed by atoms with Crippen LogP contribution in [-0.2, 0) is 19.3 Å². The molecule has 0 radical (unpaired) electrons. The Hall–Kier alpha value is -2.33. The molecule has 21 heavy (non-hydrogen) atoms. The molecule has 2 aromatic rings. The van der Waals surface area contributed by atoms with E-state index < -0.39 is 18.3 Å². The molecule has 0 spiro atoms. The molecule has 0 unspecified atom stereocenters. The third kappa shape index (κ3) is 3.41. The fraction of sp³-hybridized carbons (Fsp3) is 0.286. The van der Waals surface area contributed by atoms with Gasteiger partial charge < -0.3 is 5.11 Å². The summed E-state index contributed by atoms with van der Waals surface area (Å²) in [7, 11) is 0. The van der Waals surface area contributed by atoms with Gasteiger partial charge in [0.05, 0.1) is 37.4 Å². The van der Waals surface area contributed by atoms with Crippen LogP contribution in [0.3, 0.4) is 0 Å². The minimum atomic E-state index is -4.45. The molecule has 0 aliphatic heterocycles. The van der Waals surface area contributed by atoms with Gasteiger partial charge in [0.25, 0.3) is 0 Å². The number of halogens is 3. The van der Waals surface area contributed by atoms with Crippen molar-refractivity contribution in [2.45, 2.75) is 25.7 Å². The molecule has 7 heteroatoms. The molecule has 0 aliphatic carbocycles. The zero-order valence-corrected chi connectivity index (χ0v) is 10.9. The van der Waals surface area contributed by atoms with E-state index in [0.29, 0.717) is 24.1 Å². The van der Waals surface area contributed by atoms with Crippen LogP contribution in [0.2, 0.25) is 0 Å². The van der Waals surface area contributed by atoms with Gasteiger partial charge in [-0.2, -0.15) is 23.5 Å². The van der Waals surface area contributed by atoms with E-state index >= 15 is 0 Å². The van der Waals surface area contributed by atoms with E-state index in [1.807, 2.05) is 6.07 Å². The van der Waals surface area contributed by atoms with Crippen molar-refractivity contribution in [3.8, 4) is 17.2 Å². The number of nitrogens with zero attached hydrogens (tertiary/aromatic N) is 3. The van der Waals surface area contributed by atoms with Crippen LogP contribution in [-0.4, -0.2) is 14.9 Å². The average Bonchev–Trinajstić information content (AvgIpc) is 2.92. The SMILES string of the molecule is N#CCCn1cc(-c2ccc(C(F)(F)F)cc2CO)cn1. The van der Waals surface area contributed by atoms with E-state index in [1.165, 1.54) is 16.9 Å². The van der Waals surface area contributed by atoms with Gasteiger partial charge >= 0.3 is 6.18 Å². The highest BCUT2D eigenvalue weighted by atomic mass is 19.4. The summed E-state index contributed by atoms with van der Waals surface area (Å²) in [5, 5.41) is 21.8. The zero-order valence-electron chi connectivity index (χ0n) is 10.9. The number of aromatic nitrogens is 2. The molecule has 4 nitrogen and oxygen atoms in total. The first kappa shape index (κ1) is 15.1. The maximum atomic E-state index is 12.7. The summed E-state index contributed by atoms with van der Waals surface area (Å²) in [5.74, 6) is 0. The largest absolute Gasteiger partial charge is 0.416 e. The zero-order chi connectivity index (χ0) is 15.5. The van der Waals surface area contributed by atoms with Crippen LogP contribution in [0.4, 0.5) is 13.2 Å². The second kappa shape index (κ2) is 5.97. The van der Waals surface area contributed by atoms with E-state index in [2.05, 4.69) is 5.10 Å². The molecule has 110 valence electrons. The van der Waals surface area contributed by atoms with Crippen LogP contribution in [0, 0.1) is 11.3 Å². The van der Waals surface area contributed by atoms with Crippen molar-refractivity contribution in [1.29, 1.82) is 5.26 Å². The number of aliphatic hydroxyl groups excluding tert-OH is 1. The third-order valence-electron chi connectivity index (χ3n) is 3.00. The molecular weight excluding hydrogens is 283 g/mol. The van der Waals surface area contributed by atoms with Gasteiger partial charge in [-0.05, 0) is 23.3 Å². The number of hydrogen-bond donors (Lipinski definition) is 1. The van der Waals surface area contributed by atoms with Gasteiger partial charge in [-0.1, -0.05) is 6.07 Å². The fourth-order valence-electron chi connectivity index (χ4n) is 1.97. The molecule has 1 aromatic carbocycles. The first-order chi connectivity index (χ1) is 9.95. The number of rotatable bonds is 4. The smallest absolute Gasteiger partial charge is 0.392 e. The first-order valence-corrected chi connectivity index (χ1v) is 6.16. The molecule has 0 fully saturated rings. The summed E-state index contributed by atoms with van der Waals surface area (Å²) < 4.78 is 39.5. The standard InChI is InChI=1S/C14H12F3N3O/c15-14(16,17)12-2-3-13(10(6-12)9-21)11-7-19-20(8-11)5-1-4-18/h2-3,6-8,21H,1,5,9H2. The van der Waals surface area contributed by atoms with Crippen molar-refractivity contribution in [2.24, 2.45) is 0 Å². The number of alkyl halides is 3. The van der Waals surface area contributed by atoms with Gasteiger partial charge in [-0.3, -0.25) is 4.68 Å². The molecular formula is C14H12F3N3O. The van der Waals surface area contributed by atoms with Gasteiger partial charge in [-0.15, -0.1) is 0 Å². The molecule has 1 aromatic heterocycles. The van der Waals surface area contributed by atoms with Crippen molar-refractivity contribution in [3.05, 3.63) is 41.7 Å². The highest BCUT2D eigenvalue weighted by molar-refractivity contribution is 5.66. The Morgan fingerprint density at radius 1 is 1.33 bits per heavy atom. The predicted octanol–water partition coefficient (Wildman–Crippen LogP) is 2.97. The first-order valence-electron chi connectivity index (χ1n) is 6.16. The molecule has 0 bridgehead atoms. The maximum absolute atomic E-state index is 12.7. The molecule has 0 amide bonds. The number of hydrogen-bond acceptors (Lipinski definition) is 3. The Morgan fingerprint density at radius 3 is 2.71 bits per heavy atom. The van der Waals surface area contributed by atoms with E-state index in [0.717, 1.165) is 12.1 Å². The number of aryl methyl sites for hydroxylation is 1. The molecule has 0 saturated heterocycles. The number of benzene rings is 1. The second-order valence-electron chi connectivity index (χ2n) is 4.43. The lowest BCUT2D eigenvalue weighted by Crippen LogP contribution is -2.06. The van der Waals surface area contributed by atoms with Gasteiger partial charge in [-0.25, -0.2) is 0 Å². The third-order valence-corrected chi connectivity index (χ3v) is 3.00. The summed E-state index contributed by atoms with van der Waals surface area (Å²) >= 11 is 0. The lowest BCUT2D eigenvalue weighted by Gasteiger charge is -2.11. The lowest BCUT2D eigenvalue weighted by molar-refractivity contribution is -0.137. The summed E-state index contributed by atoms with van der Waals surface area (Å²) in [4.78, 5) is 0. The van der Waals surface area contributed by atoms with Crippen LogP contribution < -0.4 is 0 Å². The quantitative estimate of drug-likeness (QED) is 0.943. The van der Waals surface area contributed by atoms with Crippen molar-refractivity contribution < 1.29 is 18.3 Å². The van der Waals surface area contributed by atoms with E-state index in [-0.39, 0.29) is 5.56 Å². The van der Waals surface area contributed by atoms with Gasteiger partial charge in [0.15, 0.2) is 0 Å². The topological polar surface area (TPSA) is 61.8 Å². The number of nitriles is 1. The summed E-state index contributed by atoms with van der Waals surface area (Å²) in [6.45, 7) is -0.0891. The molecule has 0 saturated carbocycles. The van der Waals surface area contributed by atoms with Crippen molar-refractivity contribution in [2.75, 3.05) is 0 Å². The predicted molar refractivity (Wildman–Crippen MR) is 68.8 cm³/mol. The van der Waals surface area contributed by atoms with Crippen LogP contribution >= 0.6 is 0 Å². The van der Waals surface area contributed by atoms with Crippen LogP contribution in [0.25, 0.3) is 11.1 Å². The number of aliphatic hydroxyl groups is 1. The van der Waals surface area contributed by atoms with Crippen molar-refractivity contribution >= 4 is 0 Å². The highest BCUT2D eigenvalue weighted by Gasteiger charge is 2.31. The van der Waals surface area contributed by atoms with Crippen LogP contribution in [0.1, 0.15) is 17.5 Å². The Balaban J connectivity index is 2.35. The summed E-state index contributed by atoms with van der Waals surface area (Å²) in [5.41, 5.74) is 0.483. The minimum Gasteiger partial charge on any atom is -0.392 e. The monoisotopic (exact) mass is 295 g/mol. The van der Waals surface area contributed by atoms with Crippen molar-refractivity contribution in [1.82, 2.24) is 9.78 Å². The average molecular weight is 295 g/mol. The Labute approximate surface area is 119 Å². The molecule has 0 aliphatic rings. The second-order valence-corrected chi connectivity index (χ2v) is 4.43. The summed E-state index contributed by atoms with van der Waals surface area (Å²) in [6.07, 6.45) is -1.02. The minimum absolute atomic E-state index is 0.185. The highest BCUT2D eigenvalue weighted by Crippen LogP contribution is 2.33. The Morgan fingerprint density at radius 2 is 2.10 bits per heavy atom. The van der Waals surface area contributed by atoms with Crippen LogP contribution in [0.5, 0.6) is 0 Å². The fourth-order valence-corrected chi connectivity index (χ4v) is 1.97. The molecule has 2 rings (SSSR count). The molecule has 0 atom stereocenters. The Kier molecular flexibility index (Phi) is 4.29. The van der Waals surface area contributed by atoms with Crippen molar-refractivity contribution in [3.63, 3.8) is 0 Å². The van der Waals surface area contributed by atoms with Gasteiger partial charge in [0.1, 0.15) is 0 Å². The van der Waals surface area contributed by atoms with Gasteiger partial charge in [0, 0.05) is 11.8 Å². The van der Waals surface area contributed by atoms with Crippen LogP contribution in [0.15, 0.2) is 30.6 Å². The van der Waals surface area contributed by atoms with E-state index in [1.54, 1.807) is 6.20 Å². The summed E-state index contributed by atoms with van der Waals surface area (Å²) in [6, 6.07) is 5.21. The van der Waals surface area contributed by atoms with E-state index in [9.17, 15) is 18.3 Å². The lowest BCUT2D eigenvalue weighted by atomic mass is 10.00. The Bertz CT molecular complexity index is 671. The normalized spacial score (nSPS) is 11.4. The molecule has 1 N–H and O–H groups in total. The van der Waals surface area contributed by atoms with Gasteiger partial charge in [0.2, 0.25) is 0 Å². The van der Waals surface area contributed by atoms with E-state index in [4.69, 9.17) is 5.26 Å². The maximum Gasteiger partial charge on any atom is 0.416 e.